The number of hydrogen-bond acceptors (Lipinski definition) is 6. The van der Waals surface area contributed by atoms with Crippen LogP contribution in [0.3, 0.4) is 0 Å². The second-order valence-electron chi connectivity index (χ2n) is 6.81. The van der Waals surface area contributed by atoms with Crippen LogP contribution < -0.4 is 24.2 Å². The van der Waals surface area contributed by atoms with Gasteiger partial charge in [-0.05, 0) is 48.0 Å². The molecule has 1 heterocycles. The van der Waals surface area contributed by atoms with Crippen molar-refractivity contribution in [3.8, 4) is 23.0 Å². The van der Waals surface area contributed by atoms with E-state index < -0.39 is 10.0 Å². The fourth-order valence-corrected chi connectivity index (χ4v) is 4.41. The molecule has 0 spiro atoms. The molecule has 1 aliphatic heterocycles. The Bertz CT molecular complexity index is 1260. The number of para-hydroxylation sites is 2. The summed E-state index contributed by atoms with van der Waals surface area (Å²) in [5.41, 5.74) is 1.54. The molecule has 0 unspecified atom stereocenters. The molecule has 0 radical (unpaired) electrons. The fraction of sp³-hybridized carbons (Fsp3) is 0.136. The van der Waals surface area contributed by atoms with Crippen LogP contribution in [0.15, 0.2) is 60.7 Å². The Hall–Kier alpha value is -3.72. The van der Waals surface area contributed by atoms with Crippen molar-refractivity contribution in [2.24, 2.45) is 0 Å². The van der Waals surface area contributed by atoms with Crippen molar-refractivity contribution < 1.29 is 27.4 Å². The molecule has 31 heavy (non-hydrogen) atoms. The first-order valence-corrected chi connectivity index (χ1v) is 11.0. The lowest BCUT2D eigenvalue weighted by molar-refractivity contribution is 0.102. The molecular formula is C22H20N2O6S. The molecule has 0 aromatic heterocycles. The van der Waals surface area contributed by atoms with E-state index in [2.05, 4.69) is 10.0 Å². The molecule has 0 fully saturated rings. The molecule has 4 rings (SSSR count). The van der Waals surface area contributed by atoms with E-state index in [4.69, 9.17) is 14.2 Å². The topological polar surface area (TPSA) is 103 Å². The van der Waals surface area contributed by atoms with E-state index in [-0.39, 0.29) is 22.9 Å². The minimum atomic E-state index is -3.76. The summed E-state index contributed by atoms with van der Waals surface area (Å²) in [7, 11) is -0.770. The number of carbonyl (C=O) groups is 1. The van der Waals surface area contributed by atoms with Gasteiger partial charge in [-0.3, -0.25) is 9.52 Å². The van der Waals surface area contributed by atoms with Gasteiger partial charge >= 0.3 is 0 Å². The summed E-state index contributed by atoms with van der Waals surface area (Å²) < 4.78 is 44.1. The number of benzene rings is 3. The van der Waals surface area contributed by atoms with Crippen LogP contribution >= 0.6 is 0 Å². The molecule has 1 amide bonds. The Balaban J connectivity index is 1.56. The maximum Gasteiger partial charge on any atom is 0.259 e. The summed E-state index contributed by atoms with van der Waals surface area (Å²) in [4.78, 5) is 12.6. The number of hydrogen-bond donors (Lipinski definition) is 2. The van der Waals surface area contributed by atoms with Crippen molar-refractivity contribution in [2.45, 2.75) is 5.75 Å². The van der Waals surface area contributed by atoms with Crippen LogP contribution in [0.2, 0.25) is 0 Å². The van der Waals surface area contributed by atoms with Crippen molar-refractivity contribution in [3.63, 3.8) is 0 Å². The Morgan fingerprint density at radius 3 is 2.48 bits per heavy atom. The van der Waals surface area contributed by atoms with Gasteiger partial charge in [0.05, 0.1) is 31.2 Å². The molecule has 0 aliphatic carbocycles. The second kappa shape index (κ2) is 8.19. The third kappa shape index (κ3) is 4.41. The summed E-state index contributed by atoms with van der Waals surface area (Å²) in [6.07, 6.45) is 0. The first kappa shape index (κ1) is 20.5. The molecule has 3 aromatic carbocycles. The van der Waals surface area contributed by atoms with E-state index in [0.717, 1.165) is 0 Å². The highest BCUT2D eigenvalue weighted by Crippen LogP contribution is 2.36. The summed E-state index contributed by atoms with van der Waals surface area (Å²) in [6.45, 7) is 0. The number of sulfonamides is 1. The Kier molecular flexibility index (Phi) is 5.43. The van der Waals surface area contributed by atoms with Crippen molar-refractivity contribution in [3.05, 3.63) is 71.8 Å². The molecule has 1 aliphatic rings. The minimum absolute atomic E-state index is 0.225. The van der Waals surface area contributed by atoms with E-state index in [1.165, 1.54) is 20.3 Å². The van der Waals surface area contributed by atoms with Gasteiger partial charge in [0.1, 0.15) is 5.75 Å². The number of ether oxygens (including phenoxy) is 3. The van der Waals surface area contributed by atoms with Crippen LogP contribution in [0, 0.1) is 0 Å². The maximum atomic E-state index is 12.7. The van der Waals surface area contributed by atoms with Crippen molar-refractivity contribution >= 4 is 27.3 Å². The molecule has 0 bridgehead atoms. The van der Waals surface area contributed by atoms with Gasteiger partial charge in [0, 0.05) is 5.69 Å². The average molecular weight is 440 g/mol. The molecule has 9 heteroatoms. The highest BCUT2D eigenvalue weighted by molar-refractivity contribution is 7.91. The second-order valence-corrected chi connectivity index (χ2v) is 8.54. The lowest BCUT2D eigenvalue weighted by Crippen LogP contribution is -2.16. The minimum Gasteiger partial charge on any atom is -0.493 e. The highest BCUT2D eigenvalue weighted by atomic mass is 32.2. The van der Waals surface area contributed by atoms with Gasteiger partial charge in [-0.15, -0.1) is 0 Å². The maximum absolute atomic E-state index is 12.7. The number of nitrogens with one attached hydrogen (secondary N) is 2. The predicted molar refractivity (Wildman–Crippen MR) is 117 cm³/mol. The molecule has 3 aromatic rings. The molecular weight excluding hydrogens is 420 g/mol. The molecule has 2 N–H and O–H groups in total. The van der Waals surface area contributed by atoms with Gasteiger partial charge in [-0.25, -0.2) is 8.42 Å². The zero-order valence-electron chi connectivity index (χ0n) is 16.8. The van der Waals surface area contributed by atoms with Gasteiger partial charge in [-0.2, -0.15) is 0 Å². The molecule has 0 saturated carbocycles. The van der Waals surface area contributed by atoms with E-state index in [0.29, 0.717) is 34.2 Å². The number of fused-ring (bicyclic) bond motifs is 2. The van der Waals surface area contributed by atoms with Crippen molar-refractivity contribution in [1.29, 1.82) is 0 Å². The number of rotatable bonds is 6. The number of amides is 1. The lowest BCUT2D eigenvalue weighted by Gasteiger charge is -2.12. The van der Waals surface area contributed by atoms with Crippen LogP contribution in [0.5, 0.6) is 23.0 Å². The summed E-state index contributed by atoms with van der Waals surface area (Å²) in [6, 6.07) is 16.5. The smallest absolute Gasteiger partial charge is 0.259 e. The Morgan fingerprint density at radius 2 is 1.71 bits per heavy atom. The predicted octanol–water partition coefficient (Wildman–Crippen LogP) is 4.00. The quantitative estimate of drug-likeness (QED) is 0.601. The molecule has 8 nitrogen and oxygen atoms in total. The van der Waals surface area contributed by atoms with Gasteiger partial charge in [0.2, 0.25) is 10.0 Å². The van der Waals surface area contributed by atoms with Gasteiger partial charge in [0.25, 0.3) is 5.91 Å². The van der Waals surface area contributed by atoms with E-state index in [1.54, 1.807) is 54.6 Å². The fourth-order valence-electron chi connectivity index (χ4n) is 3.23. The highest BCUT2D eigenvalue weighted by Gasteiger charge is 2.22. The summed E-state index contributed by atoms with van der Waals surface area (Å²) in [5, 5.41) is 2.77. The van der Waals surface area contributed by atoms with Gasteiger partial charge in [-0.1, -0.05) is 18.2 Å². The Morgan fingerprint density at radius 1 is 0.935 bits per heavy atom. The lowest BCUT2D eigenvalue weighted by atomic mass is 10.1. The third-order valence-corrected chi connectivity index (χ3v) is 5.92. The molecule has 0 saturated heterocycles. The number of anilines is 2. The van der Waals surface area contributed by atoms with Crippen LogP contribution in [-0.2, 0) is 15.8 Å². The molecule has 160 valence electrons. The zero-order valence-corrected chi connectivity index (χ0v) is 17.7. The van der Waals surface area contributed by atoms with Crippen molar-refractivity contribution in [1.82, 2.24) is 0 Å². The Labute approximate surface area is 179 Å². The van der Waals surface area contributed by atoms with E-state index in [1.807, 2.05) is 0 Å². The third-order valence-electron chi connectivity index (χ3n) is 4.66. The summed E-state index contributed by atoms with van der Waals surface area (Å²) in [5.74, 6) is 1.13. The monoisotopic (exact) mass is 440 g/mol. The summed E-state index contributed by atoms with van der Waals surface area (Å²) >= 11 is 0. The molecule has 0 atom stereocenters. The first-order chi connectivity index (χ1) is 14.9. The van der Waals surface area contributed by atoms with Crippen LogP contribution in [0.4, 0.5) is 11.4 Å². The van der Waals surface area contributed by atoms with E-state index >= 15 is 0 Å². The SMILES string of the molecule is COc1ccc(CS(=O)(=O)Nc2ccc3c(c2)C(=O)Nc2ccccc2O3)cc1OC. The number of methoxy groups -OCH3 is 2. The largest absolute Gasteiger partial charge is 0.493 e. The van der Waals surface area contributed by atoms with Crippen LogP contribution in [0.25, 0.3) is 0 Å². The van der Waals surface area contributed by atoms with Gasteiger partial charge < -0.3 is 19.5 Å². The average Bonchev–Trinajstić information content (AvgIpc) is 2.88. The van der Waals surface area contributed by atoms with Crippen molar-refractivity contribution in [2.75, 3.05) is 24.3 Å². The normalized spacial score (nSPS) is 12.5. The van der Waals surface area contributed by atoms with Crippen LogP contribution in [0.1, 0.15) is 15.9 Å². The first-order valence-electron chi connectivity index (χ1n) is 9.32. The number of carbonyl (C=O) groups excluding carboxylic acids is 1. The standard InChI is InChI=1S/C22H20N2O6S/c1-28-20-9-7-14(11-21(20)29-2)13-31(26,27)24-15-8-10-18-16(12-15)22(25)23-17-5-3-4-6-19(17)30-18/h3-12,24H,13H2,1-2H3,(H,23,25). The van der Waals surface area contributed by atoms with Gasteiger partial charge in [0.15, 0.2) is 17.2 Å². The zero-order chi connectivity index (χ0) is 22.0. The van der Waals surface area contributed by atoms with E-state index in [9.17, 15) is 13.2 Å². The van der Waals surface area contributed by atoms with Crippen LogP contribution in [-0.4, -0.2) is 28.5 Å².